The molecule has 1 aliphatic heterocycles. The Labute approximate surface area is 154 Å². The van der Waals surface area contributed by atoms with Gasteiger partial charge in [0.25, 0.3) is 0 Å². The molecule has 0 spiro atoms. The molecular weight excluding hydrogens is 328 g/mol. The number of anilines is 1. The minimum atomic E-state index is -0.538. The zero-order valence-corrected chi connectivity index (χ0v) is 15.0. The Balaban J connectivity index is 1.42. The number of amides is 2. The Morgan fingerprint density at radius 3 is 2.65 bits per heavy atom. The van der Waals surface area contributed by atoms with Crippen molar-refractivity contribution in [3.8, 4) is 5.75 Å². The number of carbonyl (C=O) groups excluding carboxylic acids is 2. The molecular formula is C21H24N2O3. The topological polar surface area (TPSA) is 58.6 Å². The van der Waals surface area contributed by atoms with Crippen molar-refractivity contribution in [1.82, 2.24) is 5.32 Å². The lowest BCUT2D eigenvalue weighted by molar-refractivity contribution is -0.127. The summed E-state index contributed by atoms with van der Waals surface area (Å²) in [5, 5.41) is 2.80. The second-order valence-electron chi connectivity index (χ2n) is 6.42. The summed E-state index contributed by atoms with van der Waals surface area (Å²) < 4.78 is 5.57. The van der Waals surface area contributed by atoms with Gasteiger partial charge in [-0.05, 0) is 43.5 Å². The van der Waals surface area contributed by atoms with E-state index in [-0.39, 0.29) is 11.8 Å². The van der Waals surface area contributed by atoms with Crippen LogP contribution in [0.15, 0.2) is 54.6 Å². The van der Waals surface area contributed by atoms with Crippen LogP contribution in [0.3, 0.4) is 0 Å². The molecule has 1 heterocycles. The molecule has 1 aliphatic rings. The van der Waals surface area contributed by atoms with E-state index in [1.54, 1.807) is 11.8 Å². The molecule has 26 heavy (non-hydrogen) atoms. The van der Waals surface area contributed by atoms with Crippen LogP contribution in [0.1, 0.15) is 25.3 Å². The zero-order valence-electron chi connectivity index (χ0n) is 15.0. The molecule has 2 amide bonds. The number of rotatable bonds is 7. The standard InChI is InChI=1S/C21H24N2O3/c1-16(21(25)23-14-13-17-8-5-6-11-19(17)23)22-20(24)12-7-15-26-18-9-3-2-4-10-18/h2-6,8-11,16H,7,12-15H2,1H3,(H,22,24)/t16-/m0/s1. The predicted molar refractivity (Wildman–Crippen MR) is 101 cm³/mol. The van der Waals surface area contributed by atoms with E-state index in [4.69, 9.17) is 4.74 Å². The van der Waals surface area contributed by atoms with Gasteiger partial charge in [-0.2, -0.15) is 0 Å². The number of ether oxygens (including phenoxy) is 1. The summed E-state index contributed by atoms with van der Waals surface area (Å²) in [6.07, 6.45) is 1.80. The summed E-state index contributed by atoms with van der Waals surface area (Å²) in [6, 6.07) is 16.9. The van der Waals surface area contributed by atoms with Crippen LogP contribution >= 0.6 is 0 Å². The van der Waals surface area contributed by atoms with Crippen molar-refractivity contribution in [2.45, 2.75) is 32.2 Å². The summed E-state index contributed by atoms with van der Waals surface area (Å²) in [5.74, 6) is 0.600. The molecule has 0 saturated carbocycles. The van der Waals surface area contributed by atoms with Gasteiger partial charge in [0, 0.05) is 18.7 Å². The van der Waals surface area contributed by atoms with Gasteiger partial charge >= 0.3 is 0 Å². The molecule has 2 aromatic rings. The van der Waals surface area contributed by atoms with E-state index in [1.165, 1.54) is 5.56 Å². The third-order valence-corrected chi connectivity index (χ3v) is 4.46. The number of fused-ring (bicyclic) bond motifs is 1. The first-order chi connectivity index (χ1) is 12.6. The molecule has 1 N–H and O–H groups in total. The van der Waals surface area contributed by atoms with E-state index in [0.717, 1.165) is 17.9 Å². The normalized spacial score (nSPS) is 13.8. The van der Waals surface area contributed by atoms with Crippen molar-refractivity contribution in [2.24, 2.45) is 0 Å². The third-order valence-electron chi connectivity index (χ3n) is 4.46. The largest absolute Gasteiger partial charge is 0.494 e. The van der Waals surface area contributed by atoms with E-state index < -0.39 is 6.04 Å². The Hall–Kier alpha value is -2.82. The van der Waals surface area contributed by atoms with Crippen LogP contribution in [0.5, 0.6) is 5.75 Å². The molecule has 5 nitrogen and oxygen atoms in total. The number of carbonyl (C=O) groups is 2. The molecule has 0 aliphatic carbocycles. The van der Waals surface area contributed by atoms with E-state index >= 15 is 0 Å². The van der Waals surface area contributed by atoms with Crippen LogP contribution in [0.4, 0.5) is 5.69 Å². The first kappa shape index (κ1) is 18.0. The Morgan fingerprint density at radius 2 is 1.85 bits per heavy atom. The van der Waals surface area contributed by atoms with Gasteiger partial charge in [-0.25, -0.2) is 0 Å². The van der Waals surface area contributed by atoms with Gasteiger partial charge in [0.15, 0.2) is 0 Å². The maximum absolute atomic E-state index is 12.6. The van der Waals surface area contributed by atoms with Crippen LogP contribution in [0, 0.1) is 0 Å². The van der Waals surface area contributed by atoms with Gasteiger partial charge in [-0.3, -0.25) is 9.59 Å². The average molecular weight is 352 g/mol. The molecule has 0 saturated heterocycles. The Kier molecular flexibility index (Phi) is 5.89. The molecule has 3 rings (SSSR count). The second kappa shape index (κ2) is 8.52. The van der Waals surface area contributed by atoms with E-state index in [9.17, 15) is 9.59 Å². The quantitative estimate of drug-likeness (QED) is 0.780. The Bertz CT molecular complexity index is 761. The molecule has 0 aromatic heterocycles. The highest BCUT2D eigenvalue weighted by Crippen LogP contribution is 2.27. The first-order valence-corrected chi connectivity index (χ1v) is 9.01. The van der Waals surface area contributed by atoms with Crippen molar-refractivity contribution in [1.29, 1.82) is 0 Å². The van der Waals surface area contributed by atoms with Crippen molar-refractivity contribution >= 4 is 17.5 Å². The minimum Gasteiger partial charge on any atom is -0.494 e. The number of hydrogen-bond donors (Lipinski definition) is 1. The molecule has 0 radical (unpaired) electrons. The van der Waals surface area contributed by atoms with Gasteiger partial charge in [-0.15, -0.1) is 0 Å². The number of nitrogens with one attached hydrogen (secondary N) is 1. The fraction of sp³-hybridized carbons (Fsp3) is 0.333. The molecule has 0 bridgehead atoms. The molecule has 5 heteroatoms. The Morgan fingerprint density at radius 1 is 1.12 bits per heavy atom. The van der Waals surface area contributed by atoms with E-state index in [1.807, 2.05) is 54.6 Å². The second-order valence-corrected chi connectivity index (χ2v) is 6.42. The van der Waals surface area contributed by atoms with Crippen LogP contribution < -0.4 is 15.0 Å². The van der Waals surface area contributed by atoms with Gasteiger partial charge in [-0.1, -0.05) is 36.4 Å². The van der Waals surface area contributed by atoms with Gasteiger partial charge in [0.05, 0.1) is 6.61 Å². The van der Waals surface area contributed by atoms with Crippen LogP contribution in [0.25, 0.3) is 0 Å². The third kappa shape index (κ3) is 4.42. The highest BCUT2D eigenvalue weighted by atomic mass is 16.5. The van der Waals surface area contributed by atoms with Gasteiger partial charge < -0.3 is 15.0 Å². The summed E-state index contributed by atoms with van der Waals surface area (Å²) >= 11 is 0. The fourth-order valence-corrected chi connectivity index (χ4v) is 3.12. The van der Waals surface area contributed by atoms with E-state index in [2.05, 4.69) is 5.32 Å². The van der Waals surface area contributed by atoms with Crippen LogP contribution in [-0.4, -0.2) is 31.0 Å². The summed E-state index contributed by atoms with van der Waals surface area (Å²) in [7, 11) is 0. The average Bonchev–Trinajstić information content (AvgIpc) is 3.09. The molecule has 1 atom stereocenters. The first-order valence-electron chi connectivity index (χ1n) is 9.01. The molecule has 2 aromatic carbocycles. The van der Waals surface area contributed by atoms with Crippen molar-refractivity contribution in [3.63, 3.8) is 0 Å². The van der Waals surface area contributed by atoms with Gasteiger partial charge in [0.2, 0.25) is 11.8 Å². The summed E-state index contributed by atoms with van der Waals surface area (Å²) in [4.78, 5) is 26.5. The monoisotopic (exact) mass is 352 g/mol. The lowest BCUT2D eigenvalue weighted by atomic mass is 10.2. The highest BCUT2D eigenvalue weighted by molar-refractivity contribution is 6.00. The van der Waals surface area contributed by atoms with Crippen molar-refractivity contribution < 1.29 is 14.3 Å². The summed E-state index contributed by atoms with van der Waals surface area (Å²) in [5.41, 5.74) is 2.13. The lowest BCUT2D eigenvalue weighted by Gasteiger charge is -2.22. The molecule has 0 fully saturated rings. The van der Waals surface area contributed by atoms with Crippen LogP contribution in [0.2, 0.25) is 0 Å². The minimum absolute atomic E-state index is 0.0659. The maximum Gasteiger partial charge on any atom is 0.249 e. The van der Waals surface area contributed by atoms with Crippen molar-refractivity contribution in [3.05, 3.63) is 60.2 Å². The van der Waals surface area contributed by atoms with Crippen molar-refractivity contribution in [2.75, 3.05) is 18.1 Å². The zero-order chi connectivity index (χ0) is 18.4. The van der Waals surface area contributed by atoms with E-state index in [0.29, 0.717) is 26.0 Å². The smallest absolute Gasteiger partial charge is 0.249 e. The van der Waals surface area contributed by atoms with Gasteiger partial charge in [0.1, 0.15) is 11.8 Å². The maximum atomic E-state index is 12.6. The molecule has 136 valence electrons. The summed E-state index contributed by atoms with van der Waals surface area (Å²) in [6.45, 7) is 2.88. The molecule has 0 unspecified atom stereocenters. The highest BCUT2D eigenvalue weighted by Gasteiger charge is 2.28. The predicted octanol–water partition coefficient (Wildman–Crippen LogP) is 2.94. The number of hydrogen-bond acceptors (Lipinski definition) is 3. The SMILES string of the molecule is C[C@H](NC(=O)CCCOc1ccccc1)C(=O)N1CCc2ccccc21. The number of benzene rings is 2. The number of nitrogens with zero attached hydrogens (tertiary/aromatic N) is 1. The fourth-order valence-electron chi connectivity index (χ4n) is 3.12. The van der Waals surface area contributed by atoms with Crippen LogP contribution in [-0.2, 0) is 16.0 Å². The lowest BCUT2D eigenvalue weighted by Crippen LogP contribution is -2.46. The number of para-hydroxylation sites is 2.